The summed E-state index contributed by atoms with van der Waals surface area (Å²) in [6, 6.07) is 3.48. The number of aromatic nitrogens is 3. The molecule has 0 spiro atoms. The first kappa shape index (κ1) is 21.5. The van der Waals surface area contributed by atoms with Gasteiger partial charge < -0.3 is 19.8 Å². The van der Waals surface area contributed by atoms with Gasteiger partial charge in [0.1, 0.15) is 11.6 Å². The number of hydrogen-bond acceptors (Lipinski definition) is 6. The van der Waals surface area contributed by atoms with Crippen LogP contribution in [0.4, 0.5) is 0 Å². The van der Waals surface area contributed by atoms with Crippen LogP contribution in [0.3, 0.4) is 0 Å². The Kier molecular flexibility index (Phi) is 6.70. The third-order valence-corrected chi connectivity index (χ3v) is 5.82. The number of fused-ring (bicyclic) bond motifs is 1. The maximum absolute atomic E-state index is 13.1. The largest absolute Gasteiger partial charge is 0.492 e. The number of amides is 1. The molecule has 9 heteroatoms. The number of rotatable bonds is 7. The highest BCUT2D eigenvalue weighted by atomic mass is 35.5. The van der Waals surface area contributed by atoms with E-state index < -0.39 is 0 Å². The van der Waals surface area contributed by atoms with Gasteiger partial charge in [0.2, 0.25) is 0 Å². The van der Waals surface area contributed by atoms with E-state index in [0.29, 0.717) is 48.5 Å². The molecule has 1 aliphatic heterocycles. The summed E-state index contributed by atoms with van der Waals surface area (Å²) in [6.07, 6.45) is 5.42. The van der Waals surface area contributed by atoms with Crippen LogP contribution in [0.1, 0.15) is 34.7 Å². The van der Waals surface area contributed by atoms with Crippen molar-refractivity contribution in [2.45, 2.75) is 19.9 Å². The lowest BCUT2D eigenvalue weighted by molar-refractivity contribution is 0.0161. The van der Waals surface area contributed by atoms with Crippen molar-refractivity contribution in [3.05, 3.63) is 52.7 Å². The summed E-state index contributed by atoms with van der Waals surface area (Å²) < 4.78 is 11.2. The Morgan fingerprint density at radius 1 is 1.35 bits per heavy atom. The molecule has 0 bridgehead atoms. The van der Waals surface area contributed by atoms with Gasteiger partial charge in [0.05, 0.1) is 42.0 Å². The summed E-state index contributed by atoms with van der Waals surface area (Å²) in [5, 5.41) is 4.21. The topological polar surface area (TPSA) is 92.4 Å². The molecule has 0 radical (unpaired) electrons. The molecular formula is C22H26ClN5O3. The Labute approximate surface area is 185 Å². The standard InChI is InChI=1S/C22H26ClN5O3/c1-3-31-19-10-17(20(23)16-4-5-24-21(16)19)22(29)27-13-18(28-6-8-30-9-7-28)15-11-25-14(2)26-12-15/h4-5,10-12,18,24H,3,6-9,13H2,1-2H3,(H,27,29)/t18-/m1/s1. The lowest BCUT2D eigenvalue weighted by Crippen LogP contribution is -2.44. The Morgan fingerprint density at radius 3 is 2.81 bits per heavy atom. The highest BCUT2D eigenvalue weighted by Crippen LogP contribution is 2.34. The first-order valence-corrected chi connectivity index (χ1v) is 10.8. The zero-order valence-electron chi connectivity index (χ0n) is 17.7. The fourth-order valence-electron chi connectivity index (χ4n) is 3.81. The molecule has 0 unspecified atom stereocenters. The molecule has 4 rings (SSSR count). The molecule has 8 nitrogen and oxygen atoms in total. The van der Waals surface area contributed by atoms with Gasteiger partial charge in [-0.1, -0.05) is 11.6 Å². The number of H-pyrrole nitrogens is 1. The summed E-state index contributed by atoms with van der Waals surface area (Å²) >= 11 is 6.57. The molecule has 3 heterocycles. The maximum Gasteiger partial charge on any atom is 0.253 e. The number of halogens is 1. The second-order valence-corrected chi connectivity index (χ2v) is 7.75. The SMILES string of the molecule is CCOc1cc(C(=O)NC[C@H](c2cnc(C)nc2)N2CCOCC2)c(Cl)c2cc[nH]c12. The van der Waals surface area contributed by atoms with Crippen LogP contribution in [-0.2, 0) is 4.74 Å². The summed E-state index contributed by atoms with van der Waals surface area (Å²) in [6.45, 7) is 7.51. The van der Waals surface area contributed by atoms with Gasteiger partial charge in [0.15, 0.2) is 0 Å². The number of nitrogens with zero attached hydrogens (tertiary/aromatic N) is 3. The van der Waals surface area contributed by atoms with Crippen molar-refractivity contribution in [3.8, 4) is 5.75 Å². The molecule has 1 aromatic carbocycles. The van der Waals surface area contributed by atoms with Gasteiger partial charge in [-0.3, -0.25) is 9.69 Å². The lowest BCUT2D eigenvalue weighted by atomic mass is 10.1. The molecule has 1 atom stereocenters. The number of nitrogens with one attached hydrogen (secondary N) is 2. The van der Waals surface area contributed by atoms with Crippen LogP contribution in [0.2, 0.25) is 5.02 Å². The third-order valence-electron chi connectivity index (χ3n) is 5.41. The number of hydrogen-bond donors (Lipinski definition) is 2. The van der Waals surface area contributed by atoms with Crippen LogP contribution in [-0.4, -0.2) is 65.2 Å². The fraction of sp³-hybridized carbons (Fsp3) is 0.409. The number of carbonyl (C=O) groups excluding carboxylic acids is 1. The van der Waals surface area contributed by atoms with E-state index in [-0.39, 0.29) is 11.9 Å². The van der Waals surface area contributed by atoms with Crippen LogP contribution in [0.25, 0.3) is 10.9 Å². The van der Waals surface area contributed by atoms with E-state index >= 15 is 0 Å². The van der Waals surface area contributed by atoms with E-state index in [1.807, 2.05) is 32.3 Å². The van der Waals surface area contributed by atoms with E-state index in [0.717, 1.165) is 29.6 Å². The highest BCUT2D eigenvalue weighted by Gasteiger charge is 2.25. The minimum absolute atomic E-state index is 0.0606. The quantitative estimate of drug-likeness (QED) is 0.583. The average Bonchev–Trinajstić information content (AvgIpc) is 3.28. The van der Waals surface area contributed by atoms with Crippen molar-refractivity contribution in [1.29, 1.82) is 0 Å². The van der Waals surface area contributed by atoms with Gasteiger partial charge in [0.25, 0.3) is 5.91 Å². The van der Waals surface area contributed by atoms with Crippen molar-refractivity contribution >= 4 is 28.4 Å². The lowest BCUT2D eigenvalue weighted by Gasteiger charge is -2.34. The Bertz CT molecular complexity index is 1050. The van der Waals surface area contributed by atoms with Crippen LogP contribution >= 0.6 is 11.6 Å². The van der Waals surface area contributed by atoms with E-state index in [4.69, 9.17) is 21.1 Å². The van der Waals surface area contributed by atoms with Crippen LogP contribution in [0.15, 0.2) is 30.7 Å². The van der Waals surface area contributed by atoms with Crippen molar-refractivity contribution in [2.75, 3.05) is 39.5 Å². The second kappa shape index (κ2) is 9.64. The zero-order chi connectivity index (χ0) is 21.8. The Hall–Kier alpha value is -2.68. The number of carbonyl (C=O) groups is 1. The molecule has 1 fully saturated rings. The molecular weight excluding hydrogens is 418 g/mol. The smallest absolute Gasteiger partial charge is 0.253 e. The van der Waals surface area contributed by atoms with E-state index in [1.165, 1.54) is 0 Å². The summed E-state index contributed by atoms with van der Waals surface area (Å²) in [4.78, 5) is 27.2. The summed E-state index contributed by atoms with van der Waals surface area (Å²) in [5.74, 6) is 1.07. The number of morpholine rings is 1. The molecule has 1 aliphatic rings. The van der Waals surface area contributed by atoms with Crippen molar-refractivity contribution in [2.24, 2.45) is 0 Å². The molecule has 31 heavy (non-hydrogen) atoms. The normalized spacial score (nSPS) is 15.7. The number of aromatic amines is 1. The molecule has 2 aromatic heterocycles. The predicted molar refractivity (Wildman–Crippen MR) is 119 cm³/mol. The van der Waals surface area contributed by atoms with E-state index in [2.05, 4.69) is 25.2 Å². The molecule has 2 N–H and O–H groups in total. The van der Waals surface area contributed by atoms with Crippen LogP contribution in [0, 0.1) is 6.92 Å². The molecule has 0 saturated carbocycles. The first-order valence-electron chi connectivity index (χ1n) is 10.4. The zero-order valence-corrected chi connectivity index (χ0v) is 18.4. The van der Waals surface area contributed by atoms with Crippen molar-refractivity contribution in [1.82, 2.24) is 25.2 Å². The van der Waals surface area contributed by atoms with Gasteiger partial charge in [-0.25, -0.2) is 9.97 Å². The predicted octanol–water partition coefficient (Wildman–Crippen LogP) is 3.12. The molecule has 1 amide bonds. The minimum atomic E-state index is -0.250. The monoisotopic (exact) mass is 443 g/mol. The fourth-order valence-corrected chi connectivity index (χ4v) is 4.11. The van der Waals surface area contributed by atoms with Gasteiger partial charge in [-0.15, -0.1) is 0 Å². The van der Waals surface area contributed by atoms with Crippen LogP contribution < -0.4 is 10.1 Å². The van der Waals surface area contributed by atoms with Crippen LogP contribution in [0.5, 0.6) is 5.75 Å². The average molecular weight is 444 g/mol. The Balaban J connectivity index is 1.57. The van der Waals surface area contributed by atoms with Gasteiger partial charge in [0, 0.05) is 49.2 Å². The van der Waals surface area contributed by atoms with Gasteiger partial charge in [-0.2, -0.15) is 0 Å². The summed E-state index contributed by atoms with van der Waals surface area (Å²) in [7, 11) is 0. The highest BCUT2D eigenvalue weighted by molar-refractivity contribution is 6.38. The number of benzene rings is 1. The van der Waals surface area contributed by atoms with E-state index in [1.54, 1.807) is 12.3 Å². The second-order valence-electron chi connectivity index (χ2n) is 7.37. The Morgan fingerprint density at radius 2 is 2.10 bits per heavy atom. The summed E-state index contributed by atoms with van der Waals surface area (Å²) in [5.41, 5.74) is 2.12. The molecule has 3 aromatic rings. The van der Waals surface area contributed by atoms with Crippen molar-refractivity contribution in [3.63, 3.8) is 0 Å². The van der Waals surface area contributed by atoms with Crippen molar-refractivity contribution < 1.29 is 14.3 Å². The number of aryl methyl sites for hydroxylation is 1. The molecule has 164 valence electrons. The van der Waals surface area contributed by atoms with Gasteiger partial charge >= 0.3 is 0 Å². The van der Waals surface area contributed by atoms with Gasteiger partial charge in [-0.05, 0) is 26.0 Å². The molecule has 1 saturated heterocycles. The minimum Gasteiger partial charge on any atom is -0.492 e. The third kappa shape index (κ3) is 4.66. The number of ether oxygens (including phenoxy) is 2. The molecule has 0 aliphatic carbocycles. The van der Waals surface area contributed by atoms with E-state index in [9.17, 15) is 4.79 Å². The maximum atomic E-state index is 13.1. The first-order chi connectivity index (χ1) is 15.1.